The minimum Gasteiger partial charge on any atom is -0.388 e. The van der Waals surface area contributed by atoms with Crippen LogP contribution in [0.2, 0.25) is 0 Å². The maximum absolute atomic E-state index is 13.1. The van der Waals surface area contributed by atoms with Gasteiger partial charge >= 0.3 is 0 Å². The zero-order chi connectivity index (χ0) is 24.4. The number of hydrogen-bond acceptors (Lipinski definition) is 6. The Labute approximate surface area is 202 Å². The van der Waals surface area contributed by atoms with E-state index in [9.17, 15) is 14.7 Å². The molecule has 0 unspecified atom stereocenters. The number of piperidine rings is 1. The van der Waals surface area contributed by atoms with Gasteiger partial charge in [0.2, 0.25) is 0 Å². The molecule has 4 aromatic rings. The van der Waals surface area contributed by atoms with Crippen LogP contribution < -0.4 is 5.56 Å². The van der Waals surface area contributed by atoms with Crippen molar-refractivity contribution >= 4 is 16.9 Å². The topological polar surface area (TPSA) is 102 Å². The van der Waals surface area contributed by atoms with Crippen LogP contribution in [0, 0.1) is 0 Å². The van der Waals surface area contributed by atoms with Gasteiger partial charge in [0, 0.05) is 25.8 Å². The summed E-state index contributed by atoms with van der Waals surface area (Å²) < 4.78 is 8.18. The average Bonchev–Trinajstić information content (AvgIpc) is 3.32. The summed E-state index contributed by atoms with van der Waals surface area (Å²) in [4.78, 5) is 32.2. The van der Waals surface area contributed by atoms with E-state index in [1.165, 1.54) is 17.1 Å². The second-order valence-corrected chi connectivity index (χ2v) is 8.95. The number of rotatable bonds is 6. The van der Waals surface area contributed by atoms with E-state index in [4.69, 9.17) is 4.74 Å². The van der Waals surface area contributed by atoms with Crippen LogP contribution in [0.1, 0.15) is 28.8 Å². The second kappa shape index (κ2) is 9.44. The highest BCUT2D eigenvalue weighted by Crippen LogP contribution is 2.25. The molecule has 180 valence electrons. The summed E-state index contributed by atoms with van der Waals surface area (Å²) in [6.07, 6.45) is 3.71. The van der Waals surface area contributed by atoms with Crippen molar-refractivity contribution in [2.24, 2.45) is 0 Å². The van der Waals surface area contributed by atoms with Gasteiger partial charge in [0.1, 0.15) is 11.7 Å². The molecule has 3 heterocycles. The second-order valence-electron chi connectivity index (χ2n) is 8.95. The molecule has 9 nitrogen and oxygen atoms in total. The molecular formula is C26H27N5O4. The molecular weight excluding hydrogens is 446 g/mol. The first-order valence-corrected chi connectivity index (χ1v) is 11.6. The van der Waals surface area contributed by atoms with E-state index in [1.807, 2.05) is 42.5 Å². The minimum atomic E-state index is -1.10. The molecule has 9 heteroatoms. The largest absolute Gasteiger partial charge is 0.388 e. The van der Waals surface area contributed by atoms with Crippen molar-refractivity contribution < 1.29 is 14.6 Å². The number of para-hydroxylation sites is 1. The molecule has 1 amide bonds. The number of aliphatic hydroxyl groups is 1. The summed E-state index contributed by atoms with van der Waals surface area (Å²) in [6, 6.07) is 16.9. The van der Waals surface area contributed by atoms with E-state index in [-0.39, 0.29) is 18.0 Å². The van der Waals surface area contributed by atoms with Crippen LogP contribution in [0.25, 0.3) is 16.7 Å². The number of benzene rings is 2. The molecule has 5 rings (SSSR count). The first-order chi connectivity index (χ1) is 17.0. The standard InChI is InChI=1S/C26H27N5O4/c1-35-16-19-7-9-20(10-8-19)24(32)29-13-11-26(34,12-14-29)17-30-18-27-23-22(25(30)33)15-28-31(23)21-5-3-2-4-6-21/h2-10,15,18,34H,11-14,16-17H2,1H3. The maximum Gasteiger partial charge on any atom is 0.264 e. The van der Waals surface area contributed by atoms with Crippen molar-refractivity contribution in [2.45, 2.75) is 31.6 Å². The monoisotopic (exact) mass is 473 g/mol. The van der Waals surface area contributed by atoms with E-state index in [0.29, 0.717) is 49.1 Å². The molecule has 1 aliphatic rings. The number of carbonyl (C=O) groups is 1. The van der Waals surface area contributed by atoms with Crippen LogP contribution in [0.3, 0.4) is 0 Å². The normalized spacial score (nSPS) is 15.4. The fourth-order valence-electron chi connectivity index (χ4n) is 4.51. The Balaban J connectivity index is 1.28. The molecule has 0 saturated carbocycles. The Kier molecular flexibility index (Phi) is 6.19. The lowest BCUT2D eigenvalue weighted by molar-refractivity contribution is -0.0299. The van der Waals surface area contributed by atoms with Crippen LogP contribution in [0.5, 0.6) is 0 Å². The third-order valence-electron chi connectivity index (χ3n) is 6.51. The van der Waals surface area contributed by atoms with Crippen molar-refractivity contribution in [3.8, 4) is 5.69 Å². The first kappa shape index (κ1) is 22.9. The van der Waals surface area contributed by atoms with Crippen molar-refractivity contribution in [3.05, 3.63) is 88.6 Å². The minimum absolute atomic E-state index is 0.0652. The number of hydrogen-bond donors (Lipinski definition) is 1. The Hall–Kier alpha value is -3.82. The lowest BCUT2D eigenvalue weighted by Crippen LogP contribution is -2.49. The highest BCUT2D eigenvalue weighted by Gasteiger charge is 2.35. The van der Waals surface area contributed by atoms with Crippen LogP contribution >= 0.6 is 0 Å². The zero-order valence-electron chi connectivity index (χ0n) is 19.5. The van der Waals surface area contributed by atoms with Gasteiger partial charge < -0.3 is 14.7 Å². The number of amides is 1. The van der Waals surface area contributed by atoms with Crippen molar-refractivity contribution in [3.63, 3.8) is 0 Å². The molecule has 0 aliphatic carbocycles. The molecule has 2 aromatic carbocycles. The molecule has 1 saturated heterocycles. The van der Waals surface area contributed by atoms with Gasteiger partial charge in [-0.05, 0) is 42.7 Å². The first-order valence-electron chi connectivity index (χ1n) is 11.6. The fraction of sp³-hybridized carbons (Fsp3) is 0.308. The Bertz CT molecular complexity index is 1390. The van der Waals surface area contributed by atoms with Gasteiger partial charge in [-0.15, -0.1) is 0 Å². The fourth-order valence-corrected chi connectivity index (χ4v) is 4.51. The van der Waals surface area contributed by atoms with Crippen LogP contribution in [-0.2, 0) is 17.9 Å². The van der Waals surface area contributed by atoms with E-state index in [0.717, 1.165) is 11.3 Å². The smallest absolute Gasteiger partial charge is 0.264 e. The lowest BCUT2D eigenvalue weighted by Gasteiger charge is -2.38. The van der Waals surface area contributed by atoms with Gasteiger partial charge in [0.25, 0.3) is 11.5 Å². The molecule has 35 heavy (non-hydrogen) atoms. The van der Waals surface area contributed by atoms with Crippen LogP contribution in [-0.4, -0.2) is 61.0 Å². The van der Waals surface area contributed by atoms with Crippen LogP contribution in [0.4, 0.5) is 0 Å². The predicted molar refractivity (Wildman–Crippen MR) is 130 cm³/mol. The number of aromatic nitrogens is 4. The summed E-state index contributed by atoms with van der Waals surface area (Å²) in [5.41, 5.74) is 1.55. The summed E-state index contributed by atoms with van der Waals surface area (Å²) in [6.45, 7) is 1.42. The highest BCUT2D eigenvalue weighted by atomic mass is 16.5. The lowest BCUT2D eigenvalue weighted by atomic mass is 9.91. The third-order valence-corrected chi connectivity index (χ3v) is 6.51. The predicted octanol–water partition coefficient (Wildman–Crippen LogP) is 2.40. The molecule has 0 atom stereocenters. The maximum atomic E-state index is 13.1. The summed E-state index contributed by atoms with van der Waals surface area (Å²) >= 11 is 0. The Morgan fingerprint density at radius 1 is 1.09 bits per heavy atom. The molecule has 0 radical (unpaired) electrons. The zero-order valence-corrected chi connectivity index (χ0v) is 19.5. The number of carbonyl (C=O) groups excluding carboxylic acids is 1. The number of methoxy groups -OCH3 is 1. The summed E-state index contributed by atoms with van der Waals surface area (Å²) in [7, 11) is 1.63. The van der Waals surface area contributed by atoms with E-state index >= 15 is 0 Å². The van der Waals surface area contributed by atoms with Gasteiger partial charge in [-0.25, -0.2) is 9.67 Å². The quantitative estimate of drug-likeness (QED) is 0.461. The van der Waals surface area contributed by atoms with Gasteiger partial charge in [0.05, 0.1) is 30.6 Å². The molecule has 0 bridgehead atoms. The molecule has 1 aliphatic heterocycles. The van der Waals surface area contributed by atoms with Gasteiger partial charge in [-0.2, -0.15) is 5.10 Å². The molecule has 1 N–H and O–H groups in total. The molecule has 2 aromatic heterocycles. The van der Waals surface area contributed by atoms with E-state index in [1.54, 1.807) is 28.8 Å². The van der Waals surface area contributed by atoms with Crippen molar-refractivity contribution in [2.75, 3.05) is 20.2 Å². The Morgan fingerprint density at radius 3 is 2.49 bits per heavy atom. The SMILES string of the molecule is COCc1ccc(C(=O)N2CCC(O)(Cn3cnc4c(cnn4-c4ccccc4)c3=O)CC2)cc1. The summed E-state index contributed by atoms with van der Waals surface area (Å²) in [5, 5.41) is 15.9. The summed E-state index contributed by atoms with van der Waals surface area (Å²) in [5.74, 6) is -0.0652. The average molecular weight is 474 g/mol. The van der Waals surface area contributed by atoms with E-state index < -0.39 is 5.60 Å². The number of fused-ring (bicyclic) bond motifs is 1. The van der Waals surface area contributed by atoms with Crippen LogP contribution in [0.15, 0.2) is 71.9 Å². The molecule has 0 spiro atoms. The highest BCUT2D eigenvalue weighted by molar-refractivity contribution is 5.94. The van der Waals surface area contributed by atoms with Gasteiger partial charge in [-0.3, -0.25) is 14.2 Å². The third kappa shape index (κ3) is 4.60. The van der Waals surface area contributed by atoms with Crippen molar-refractivity contribution in [1.82, 2.24) is 24.2 Å². The van der Waals surface area contributed by atoms with Gasteiger partial charge in [-0.1, -0.05) is 30.3 Å². The van der Waals surface area contributed by atoms with Gasteiger partial charge in [0.15, 0.2) is 5.65 Å². The number of nitrogens with zero attached hydrogens (tertiary/aromatic N) is 5. The van der Waals surface area contributed by atoms with E-state index in [2.05, 4.69) is 10.1 Å². The number of ether oxygens (including phenoxy) is 1. The van der Waals surface area contributed by atoms with Crippen molar-refractivity contribution in [1.29, 1.82) is 0 Å². The Morgan fingerprint density at radius 2 is 1.80 bits per heavy atom. The number of likely N-dealkylation sites (tertiary alicyclic amines) is 1. The molecule has 1 fully saturated rings.